The lowest BCUT2D eigenvalue weighted by Gasteiger charge is -2.32. The maximum Gasteiger partial charge on any atom is 0.242 e. The predicted molar refractivity (Wildman–Crippen MR) is 153 cm³/mol. The van der Waals surface area contributed by atoms with E-state index in [1.54, 1.807) is 49.4 Å². The van der Waals surface area contributed by atoms with Crippen LogP contribution >= 0.6 is 23.2 Å². The fraction of sp³-hybridized carbons (Fsp3) is 0.481. The minimum Gasteiger partial charge on any atom is -0.492 e. The average Bonchev–Trinajstić information content (AvgIpc) is 2.80. The lowest BCUT2D eigenvalue weighted by molar-refractivity contribution is -0.141. The molecule has 0 radical (unpaired) electrons. The third-order valence-corrected chi connectivity index (χ3v) is 7.37. The molecule has 0 saturated heterocycles. The van der Waals surface area contributed by atoms with Crippen LogP contribution in [0.2, 0.25) is 10.0 Å². The second-order valence-electron chi connectivity index (χ2n) is 10.0. The molecule has 0 fully saturated rings. The molecule has 0 unspecified atom stereocenters. The smallest absolute Gasteiger partial charge is 0.242 e. The first-order chi connectivity index (χ1) is 17.6. The highest BCUT2D eigenvalue weighted by molar-refractivity contribution is 7.92. The number of rotatable bonds is 12. The predicted octanol–water partition coefficient (Wildman–Crippen LogP) is 5.27. The summed E-state index contributed by atoms with van der Waals surface area (Å²) in [7, 11) is -3.65. The number of benzene rings is 2. The Balaban J connectivity index is 2.26. The molecule has 0 spiro atoms. The van der Waals surface area contributed by atoms with Crippen molar-refractivity contribution in [3.8, 4) is 5.75 Å². The maximum absolute atomic E-state index is 13.5. The van der Waals surface area contributed by atoms with E-state index in [0.717, 1.165) is 6.26 Å². The Kier molecular flexibility index (Phi) is 11.3. The fourth-order valence-corrected chi connectivity index (χ4v) is 5.25. The Morgan fingerprint density at radius 2 is 1.76 bits per heavy atom. The summed E-state index contributed by atoms with van der Waals surface area (Å²) in [5, 5.41) is 3.75. The number of hydrogen-bond donors (Lipinski definition) is 1. The van der Waals surface area contributed by atoms with Gasteiger partial charge in [-0.1, -0.05) is 41.4 Å². The van der Waals surface area contributed by atoms with E-state index >= 15 is 0 Å². The monoisotopic (exact) mass is 585 g/mol. The van der Waals surface area contributed by atoms with Crippen molar-refractivity contribution in [1.82, 2.24) is 10.2 Å². The number of sulfonamides is 1. The molecule has 2 rings (SSSR count). The molecule has 0 heterocycles. The highest BCUT2D eigenvalue weighted by atomic mass is 35.5. The number of nitrogens with zero attached hydrogens (tertiary/aromatic N) is 2. The number of halogens is 2. The molecule has 1 N–H and O–H groups in total. The molecule has 38 heavy (non-hydrogen) atoms. The van der Waals surface area contributed by atoms with Gasteiger partial charge in [-0.05, 0) is 70.9 Å². The Labute approximate surface area is 236 Å². The molecule has 0 aliphatic heterocycles. The molecule has 210 valence electrons. The van der Waals surface area contributed by atoms with Crippen LogP contribution in [0.4, 0.5) is 5.69 Å². The Morgan fingerprint density at radius 1 is 1.11 bits per heavy atom. The van der Waals surface area contributed by atoms with Crippen LogP contribution in [0, 0.1) is 0 Å². The molecule has 0 aromatic heterocycles. The van der Waals surface area contributed by atoms with Crippen molar-refractivity contribution < 1.29 is 22.7 Å². The van der Waals surface area contributed by atoms with E-state index < -0.39 is 21.6 Å². The Hall–Kier alpha value is -2.49. The fourth-order valence-electron chi connectivity index (χ4n) is 3.81. The largest absolute Gasteiger partial charge is 0.492 e. The number of carbonyl (C=O) groups excluding carboxylic acids is 2. The second kappa shape index (κ2) is 13.5. The molecule has 11 heteroatoms. The van der Waals surface area contributed by atoms with Crippen molar-refractivity contribution in [3.05, 3.63) is 58.1 Å². The quantitative estimate of drug-likeness (QED) is 0.366. The summed E-state index contributed by atoms with van der Waals surface area (Å²) in [6.07, 6.45) is 1.36. The molecule has 1 atom stereocenters. The van der Waals surface area contributed by atoms with Crippen LogP contribution in [-0.4, -0.2) is 56.1 Å². The summed E-state index contributed by atoms with van der Waals surface area (Å²) < 4.78 is 32.1. The van der Waals surface area contributed by atoms with Gasteiger partial charge in [0.05, 0.1) is 18.6 Å². The number of anilines is 1. The van der Waals surface area contributed by atoms with E-state index in [0.29, 0.717) is 33.7 Å². The number of hydrogen-bond acceptors (Lipinski definition) is 5. The van der Waals surface area contributed by atoms with E-state index in [-0.39, 0.29) is 37.7 Å². The molecular weight excluding hydrogens is 549 g/mol. The van der Waals surface area contributed by atoms with Gasteiger partial charge in [-0.2, -0.15) is 0 Å². The molecule has 0 saturated carbocycles. The molecule has 0 bridgehead atoms. The second-order valence-corrected chi connectivity index (χ2v) is 12.8. The van der Waals surface area contributed by atoms with Gasteiger partial charge in [0.1, 0.15) is 11.8 Å². The third-order valence-electron chi connectivity index (χ3n) is 5.61. The van der Waals surface area contributed by atoms with Gasteiger partial charge < -0.3 is 15.0 Å². The standard InChI is InChI=1S/C27H37Cl2N3O5S/c1-7-37-24-12-9-8-11-23(24)32(38(6,35)36)16-10-13-25(33)31(19(2)26(34)30-27(3,4)5)18-20-14-15-21(28)17-22(20)29/h8-9,11-12,14-15,17,19H,7,10,13,16,18H2,1-6H3,(H,30,34)/t19-/m0/s1. The van der Waals surface area contributed by atoms with Crippen LogP contribution in [0.3, 0.4) is 0 Å². The van der Waals surface area contributed by atoms with Crippen LogP contribution in [-0.2, 0) is 26.2 Å². The van der Waals surface area contributed by atoms with Gasteiger partial charge in [0.15, 0.2) is 0 Å². The van der Waals surface area contributed by atoms with E-state index in [9.17, 15) is 18.0 Å². The average molecular weight is 587 g/mol. The zero-order valence-electron chi connectivity index (χ0n) is 22.8. The minimum atomic E-state index is -3.65. The van der Waals surface area contributed by atoms with Gasteiger partial charge in [0, 0.05) is 35.1 Å². The lowest BCUT2D eigenvalue weighted by atomic mass is 10.1. The summed E-state index contributed by atoms with van der Waals surface area (Å²) in [6, 6.07) is 11.0. The normalized spacial score (nSPS) is 12.5. The summed E-state index contributed by atoms with van der Waals surface area (Å²) in [6.45, 7) is 9.59. The molecule has 2 aromatic carbocycles. The molecule has 8 nitrogen and oxygen atoms in total. The number of amides is 2. The first-order valence-electron chi connectivity index (χ1n) is 12.4. The van der Waals surface area contributed by atoms with Gasteiger partial charge >= 0.3 is 0 Å². The van der Waals surface area contributed by atoms with Gasteiger partial charge in [-0.25, -0.2) is 8.42 Å². The van der Waals surface area contributed by atoms with Crippen LogP contribution < -0.4 is 14.4 Å². The van der Waals surface area contributed by atoms with Crippen molar-refractivity contribution in [1.29, 1.82) is 0 Å². The Morgan fingerprint density at radius 3 is 2.34 bits per heavy atom. The van der Waals surface area contributed by atoms with Crippen LogP contribution in [0.1, 0.15) is 53.0 Å². The first kappa shape index (κ1) is 31.7. The van der Waals surface area contributed by atoms with E-state index in [4.69, 9.17) is 27.9 Å². The van der Waals surface area contributed by atoms with Gasteiger partial charge in [0.2, 0.25) is 21.8 Å². The molecular formula is C27H37Cl2N3O5S. The van der Waals surface area contributed by atoms with Crippen molar-refractivity contribution in [2.24, 2.45) is 0 Å². The molecule has 0 aliphatic carbocycles. The molecule has 2 aromatic rings. The summed E-state index contributed by atoms with van der Waals surface area (Å²) in [5.41, 5.74) is 0.567. The summed E-state index contributed by atoms with van der Waals surface area (Å²) >= 11 is 12.4. The van der Waals surface area contributed by atoms with Crippen molar-refractivity contribution in [3.63, 3.8) is 0 Å². The van der Waals surface area contributed by atoms with Crippen LogP contribution in [0.25, 0.3) is 0 Å². The number of ether oxygens (including phenoxy) is 1. The first-order valence-corrected chi connectivity index (χ1v) is 15.0. The van der Waals surface area contributed by atoms with E-state index in [1.165, 1.54) is 9.21 Å². The molecule has 2 amide bonds. The van der Waals surface area contributed by atoms with Gasteiger partial charge in [-0.3, -0.25) is 13.9 Å². The highest BCUT2D eigenvalue weighted by Gasteiger charge is 2.29. The van der Waals surface area contributed by atoms with E-state index in [1.807, 2.05) is 27.7 Å². The van der Waals surface area contributed by atoms with Crippen molar-refractivity contribution in [2.75, 3.05) is 23.7 Å². The van der Waals surface area contributed by atoms with Crippen molar-refractivity contribution in [2.45, 2.75) is 65.6 Å². The Bertz CT molecular complexity index is 1230. The maximum atomic E-state index is 13.5. The highest BCUT2D eigenvalue weighted by Crippen LogP contribution is 2.30. The summed E-state index contributed by atoms with van der Waals surface area (Å²) in [4.78, 5) is 27.9. The molecule has 0 aliphatic rings. The van der Waals surface area contributed by atoms with Crippen LogP contribution in [0.15, 0.2) is 42.5 Å². The number of para-hydroxylation sites is 2. The van der Waals surface area contributed by atoms with Crippen LogP contribution in [0.5, 0.6) is 5.75 Å². The number of nitrogens with one attached hydrogen (secondary N) is 1. The SMILES string of the molecule is CCOc1ccccc1N(CCCC(=O)N(Cc1ccc(Cl)cc1Cl)[C@@H](C)C(=O)NC(C)(C)C)S(C)(=O)=O. The zero-order chi connectivity index (χ0) is 28.7. The number of carbonyl (C=O) groups is 2. The lowest BCUT2D eigenvalue weighted by Crippen LogP contribution is -2.52. The third kappa shape index (κ3) is 9.36. The van der Waals surface area contributed by atoms with Crippen molar-refractivity contribution >= 4 is 50.7 Å². The van der Waals surface area contributed by atoms with Gasteiger partial charge in [0.25, 0.3) is 0 Å². The topological polar surface area (TPSA) is 96.0 Å². The van der Waals surface area contributed by atoms with E-state index in [2.05, 4.69) is 5.32 Å². The zero-order valence-corrected chi connectivity index (χ0v) is 25.1. The minimum absolute atomic E-state index is 0.0150. The van der Waals surface area contributed by atoms with Gasteiger partial charge in [-0.15, -0.1) is 0 Å². The summed E-state index contributed by atoms with van der Waals surface area (Å²) in [5.74, 6) is -0.170.